The molecule has 0 saturated carbocycles. The van der Waals surface area contributed by atoms with E-state index in [4.69, 9.17) is 0 Å². The summed E-state index contributed by atoms with van der Waals surface area (Å²) in [6, 6.07) is 3.72. The molecule has 1 atom stereocenters. The zero-order valence-corrected chi connectivity index (χ0v) is 12.2. The summed E-state index contributed by atoms with van der Waals surface area (Å²) in [5.74, 6) is 1.84. The highest BCUT2D eigenvalue weighted by molar-refractivity contribution is 7.99. The molecule has 6 heteroatoms. The lowest BCUT2D eigenvalue weighted by Gasteiger charge is -2.26. The number of anilines is 1. The van der Waals surface area contributed by atoms with Gasteiger partial charge in [-0.05, 0) is 26.2 Å². The molecule has 1 aromatic heterocycles. The summed E-state index contributed by atoms with van der Waals surface area (Å²) in [5, 5.41) is 3.23. The van der Waals surface area contributed by atoms with E-state index in [0.717, 1.165) is 23.9 Å². The monoisotopic (exact) mass is 280 g/mol. The molecule has 2 rings (SSSR count). The van der Waals surface area contributed by atoms with Gasteiger partial charge >= 0.3 is 0 Å². The lowest BCUT2D eigenvalue weighted by atomic mass is 10.2. The Balaban J connectivity index is 2.11. The number of carbonyl (C=O) groups excluding carboxylic acids is 1. The summed E-state index contributed by atoms with van der Waals surface area (Å²) >= 11 is 1.76. The first-order valence-corrected chi connectivity index (χ1v) is 7.51. The fourth-order valence-corrected chi connectivity index (χ4v) is 2.85. The number of hydrogen-bond donors (Lipinski definition) is 1. The van der Waals surface area contributed by atoms with Crippen molar-refractivity contribution in [2.45, 2.75) is 6.04 Å². The van der Waals surface area contributed by atoms with Crippen LogP contribution in [0.3, 0.4) is 0 Å². The molecule has 1 N–H and O–H groups in total. The second-order valence-electron chi connectivity index (χ2n) is 4.78. The van der Waals surface area contributed by atoms with E-state index in [1.807, 2.05) is 31.1 Å². The molecule has 0 aliphatic carbocycles. The van der Waals surface area contributed by atoms with Crippen molar-refractivity contribution in [3.05, 3.63) is 24.5 Å². The highest BCUT2D eigenvalue weighted by atomic mass is 32.2. The van der Waals surface area contributed by atoms with E-state index in [1.165, 1.54) is 0 Å². The zero-order valence-electron chi connectivity index (χ0n) is 11.4. The molecule has 0 aromatic carbocycles. The van der Waals surface area contributed by atoms with Gasteiger partial charge in [-0.1, -0.05) is 0 Å². The molecular formula is C13H20N4OS. The Morgan fingerprint density at radius 1 is 1.53 bits per heavy atom. The van der Waals surface area contributed by atoms with Gasteiger partial charge in [0.2, 0.25) is 5.91 Å². The summed E-state index contributed by atoms with van der Waals surface area (Å²) in [4.78, 5) is 20.6. The van der Waals surface area contributed by atoms with Crippen molar-refractivity contribution in [3.8, 4) is 0 Å². The van der Waals surface area contributed by atoms with Gasteiger partial charge in [0.15, 0.2) is 0 Å². The summed E-state index contributed by atoms with van der Waals surface area (Å²) in [6.45, 7) is 1.51. The second-order valence-corrected chi connectivity index (χ2v) is 5.81. The molecule has 1 aromatic rings. The number of thioether (sulfide) groups is 1. The van der Waals surface area contributed by atoms with Crippen LogP contribution >= 0.6 is 11.8 Å². The lowest BCUT2D eigenvalue weighted by Crippen LogP contribution is -2.47. The van der Waals surface area contributed by atoms with E-state index in [-0.39, 0.29) is 11.9 Å². The average Bonchev–Trinajstić information content (AvgIpc) is 2.93. The number of nitrogens with one attached hydrogen (secondary N) is 1. The van der Waals surface area contributed by atoms with E-state index in [0.29, 0.717) is 6.54 Å². The van der Waals surface area contributed by atoms with Crippen LogP contribution in [0, 0.1) is 0 Å². The van der Waals surface area contributed by atoms with E-state index in [1.54, 1.807) is 24.2 Å². The molecule has 0 radical (unpaired) electrons. The number of amides is 1. The van der Waals surface area contributed by atoms with Crippen molar-refractivity contribution in [1.29, 1.82) is 0 Å². The van der Waals surface area contributed by atoms with Gasteiger partial charge in [-0.3, -0.25) is 15.1 Å². The van der Waals surface area contributed by atoms with Gasteiger partial charge in [-0.25, -0.2) is 0 Å². The van der Waals surface area contributed by atoms with E-state index in [2.05, 4.69) is 15.2 Å². The first kappa shape index (κ1) is 14.3. The smallest absolute Gasteiger partial charge is 0.245 e. The predicted octanol–water partition coefficient (Wildman–Crippen LogP) is 0.639. The van der Waals surface area contributed by atoms with Crippen LogP contribution in [0.1, 0.15) is 0 Å². The van der Waals surface area contributed by atoms with Gasteiger partial charge in [-0.2, -0.15) is 0 Å². The molecule has 1 unspecified atom stereocenters. The van der Waals surface area contributed by atoms with Crippen LogP contribution in [-0.4, -0.2) is 60.6 Å². The second kappa shape index (κ2) is 6.88. The van der Waals surface area contributed by atoms with E-state index >= 15 is 0 Å². The fourth-order valence-electron chi connectivity index (χ4n) is 1.92. The number of likely N-dealkylation sites (N-methyl/N-ethyl adjacent to an activating group) is 1. The summed E-state index contributed by atoms with van der Waals surface area (Å²) in [7, 11) is 4.02. The number of carbonyl (C=O) groups is 1. The minimum atomic E-state index is -0.0765. The first-order chi connectivity index (χ1) is 9.18. The Kier molecular flexibility index (Phi) is 5.18. The van der Waals surface area contributed by atoms with Crippen LogP contribution in [0.25, 0.3) is 0 Å². The molecule has 2 heterocycles. The van der Waals surface area contributed by atoms with Gasteiger partial charge in [0.25, 0.3) is 0 Å². The first-order valence-electron chi connectivity index (χ1n) is 6.36. The van der Waals surface area contributed by atoms with Crippen molar-refractivity contribution in [3.63, 3.8) is 0 Å². The van der Waals surface area contributed by atoms with Gasteiger partial charge in [0.05, 0.1) is 17.9 Å². The molecule has 0 bridgehead atoms. The summed E-state index contributed by atoms with van der Waals surface area (Å²) < 4.78 is 0. The summed E-state index contributed by atoms with van der Waals surface area (Å²) in [5.41, 5.74) is 0.869. The van der Waals surface area contributed by atoms with Crippen LogP contribution < -0.4 is 10.2 Å². The molecule has 1 aliphatic rings. The third-order valence-corrected chi connectivity index (χ3v) is 3.95. The van der Waals surface area contributed by atoms with Crippen LogP contribution in [0.4, 0.5) is 5.69 Å². The Morgan fingerprint density at radius 3 is 2.95 bits per heavy atom. The normalized spacial score (nSPS) is 18.8. The SMILES string of the molecule is CN(C)CCN(C(=O)C1CSCN1)c1cccnc1. The molecule has 19 heavy (non-hydrogen) atoms. The van der Waals surface area contributed by atoms with Crippen molar-refractivity contribution in [1.82, 2.24) is 15.2 Å². The van der Waals surface area contributed by atoms with Crippen molar-refractivity contribution in [2.24, 2.45) is 0 Å². The largest absolute Gasteiger partial charge is 0.308 e. The molecule has 1 amide bonds. The van der Waals surface area contributed by atoms with Gasteiger partial charge < -0.3 is 9.80 Å². The van der Waals surface area contributed by atoms with E-state index < -0.39 is 0 Å². The molecule has 0 spiro atoms. The maximum absolute atomic E-state index is 12.6. The maximum atomic E-state index is 12.6. The minimum Gasteiger partial charge on any atom is -0.308 e. The molecule has 5 nitrogen and oxygen atoms in total. The Labute approximate surface area is 118 Å². The van der Waals surface area contributed by atoms with Crippen molar-refractivity contribution >= 4 is 23.4 Å². The minimum absolute atomic E-state index is 0.0765. The van der Waals surface area contributed by atoms with Crippen LogP contribution in [0.5, 0.6) is 0 Å². The number of hydrogen-bond acceptors (Lipinski definition) is 5. The van der Waals surface area contributed by atoms with Gasteiger partial charge in [-0.15, -0.1) is 11.8 Å². The summed E-state index contributed by atoms with van der Waals surface area (Å²) in [6.07, 6.45) is 3.47. The van der Waals surface area contributed by atoms with Gasteiger partial charge in [0.1, 0.15) is 0 Å². The lowest BCUT2D eigenvalue weighted by molar-refractivity contribution is -0.119. The Morgan fingerprint density at radius 2 is 2.37 bits per heavy atom. The fraction of sp³-hybridized carbons (Fsp3) is 0.538. The van der Waals surface area contributed by atoms with Crippen LogP contribution in [-0.2, 0) is 4.79 Å². The quantitative estimate of drug-likeness (QED) is 0.858. The molecule has 1 aliphatic heterocycles. The Hall–Kier alpha value is -1.11. The predicted molar refractivity (Wildman–Crippen MR) is 79.4 cm³/mol. The van der Waals surface area contributed by atoms with Gasteiger partial charge in [0, 0.05) is 30.9 Å². The maximum Gasteiger partial charge on any atom is 0.245 e. The molecule has 1 saturated heterocycles. The topological polar surface area (TPSA) is 48.5 Å². The van der Waals surface area contributed by atoms with Crippen molar-refractivity contribution in [2.75, 3.05) is 43.7 Å². The van der Waals surface area contributed by atoms with Crippen LogP contribution in [0.15, 0.2) is 24.5 Å². The molecule has 1 fully saturated rings. The zero-order chi connectivity index (χ0) is 13.7. The highest BCUT2D eigenvalue weighted by Crippen LogP contribution is 2.17. The third kappa shape index (κ3) is 3.92. The highest BCUT2D eigenvalue weighted by Gasteiger charge is 2.28. The average molecular weight is 280 g/mol. The third-order valence-electron chi connectivity index (χ3n) is 3.01. The number of aromatic nitrogens is 1. The van der Waals surface area contributed by atoms with Crippen molar-refractivity contribution < 1.29 is 4.79 Å². The number of nitrogens with zero attached hydrogens (tertiary/aromatic N) is 3. The number of pyridine rings is 1. The van der Waals surface area contributed by atoms with E-state index in [9.17, 15) is 4.79 Å². The van der Waals surface area contributed by atoms with Crippen LogP contribution in [0.2, 0.25) is 0 Å². The molecule has 104 valence electrons. The Bertz CT molecular complexity index is 406. The molecular weight excluding hydrogens is 260 g/mol. The number of rotatable bonds is 5. The standard InChI is InChI=1S/C13H20N4OS/c1-16(2)6-7-17(11-4-3-5-14-8-11)13(18)12-9-19-10-15-12/h3-5,8,12,15H,6-7,9-10H2,1-2H3.